The van der Waals surface area contributed by atoms with Gasteiger partial charge in [0.15, 0.2) is 5.92 Å². The fraction of sp³-hybridized carbons (Fsp3) is 0.368. The van der Waals surface area contributed by atoms with E-state index in [1.807, 2.05) is 0 Å². The van der Waals surface area contributed by atoms with Gasteiger partial charge in [-0.3, -0.25) is 25.1 Å². The molecule has 1 aliphatic heterocycles. The first-order valence-corrected chi connectivity index (χ1v) is 8.93. The molecule has 1 aliphatic rings. The van der Waals surface area contributed by atoms with Crippen molar-refractivity contribution in [3.63, 3.8) is 0 Å². The first kappa shape index (κ1) is 20.2. The molecule has 0 unspecified atom stereocenters. The number of nitrogens with zero attached hydrogens (tertiary/aromatic N) is 1. The molecule has 2 rings (SSSR count). The first-order valence-electron chi connectivity index (χ1n) is 8.93. The molecule has 8 heteroatoms. The molecule has 1 atom stereocenters. The Morgan fingerprint density at radius 1 is 1.11 bits per heavy atom. The van der Waals surface area contributed by atoms with Gasteiger partial charge in [-0.05, 0) is 18.6 Å². The molecule has 1 saturated heterocycles. The fourth-order valence-electron chi connectivity index (χ4n) is 2.70. The van der Waals surface area contributed by atoms with E-state index >= 15 is 0 Å². The summed E-state index contributed by atoms with van der Waals surface area (Å²) in [5, 5.41) is 2.14. The predicted octanol–water partition coefficient (Wildman–Crippen LogP) is 1.99. The summed E-state index contributed by atoms with van der Waals surface area (Å²) in [4.78, 5) is 49.6. The number of imide groups is 2. The molecular formula is C19H24N4O4. The van der Waals surface area contributed by atoms with Gasteiger partial charge in [0.25, 0.3) is 5.91 Å². The van der Waals surface area contributed by atoms with Crippen molar-refractivity contribution in [1.82, 2.24) is 16.2 Å². The highest BCUT2D eigenvalue weighted by molar-refractivity contribution is 6.28. The average molecular weight is 372 g/mol. The summed E-state index contributed by atoms with van der Waals surface area (Å²) in [6.07, 6.45) is 4.19. The molecule has 144 valence electrons. The van der Waals surface area contributed by atoms with Gasteiger partial charge in [0.05, 0.1) is 5.69 Å². The zero-order chi connectivity index (χ0) is 19.8. The minimum Gasteiger partial charge on any atom is -0.302 e. The van der Waals surface area contributed by atoms with E-state index in [1.54, 1.807) is 30.3 Å². The third-order valence-electron chi connectivity index (χ3n) is 4.15. The lowest BCUT2D eigenvalue weighted by molar-refractivity contribution is -0.133. The largest absolute Gasteiger partial charge is 0.335 e. The van der Waals surface area contributed by atoms with Crippen LogP contribution in [0.15, 0.2) is 42.6 Å². The maximum atomic E-state index is 12.7. The third-order valence-corrected chi connectivity index (χ3v) is 4.15. The van der Waals surface area contributed by atoms with Crippen LogP contribution >= 0.6 is 0 Å². The van der Waals surface area contributed by atoms with E-state index < -0.39 is 23.8 Å². The fourth-order valence-corrected chi connectivity index (χ4v) is 2.70. The maximum Gasteiger partial charge on any atom is 0.335 e. The standard InChI is InChI=1S/C19H24N4O4/c1-3-4-5-9-12-15(24)22-21-13(2)16-17(25)20-19(27)23(18(16)26)14-10-7-6-8-11-14/h6-8,10-11,16,21H,2-5,9,12H2,1H3,(H,22,24)(H,20,25,27)/t16-/m1/s1. The topological polar surface area (TPSA) is 108 Å². The molecular weight excluding hydrogens is 348 g/mol. The quantitative estimate of drug-likeness (QED) is 0.349. The summed E-state index contributed by atoms with van der Waals surface area (Å²) in [6.45, 7) is 5.75. The summed E-state index contributed by atoms with van der Waals surface area (Å²) in [7, 11) is 0. The van der Waals surface area contributed by atoms with Gasteiger partial charge in [0.1, 0.15) is 0 Å². The number of carbonyl (C=O) groups excluding carboxylic acids is 4. The highest BCUT2D eigenvalue weighted by Gasteiger charge is 2.43. The number of nitrogens with one attached hydrogen (secondary N) is 3. The molecule has 1 fully saturated rings. The van der Waals surface area contributed by atoms with Crippen LogP contribution < -0.4 is 21.1 Å². The van der Waals surface area contributed by atoms with Crippen molar-refractivity contribution in [3.05, 3.63) is 42.6 Å². The van der Waals surface area contributed by atoms with Crippen LogP contribution in [-0.2, 0) is 14.4 Å². The Balaban J connectivity index is 1.98. The second-order valence-corrected chi connectivity index (χ2v) is 6.25. The number of carbonyl (C=O) groups is 4. The smallest absolute Gasteiger partial charge is 0.302 e. The maximum absolute atomic E-state index is 12.7. The van der Waals surface area contributed by atoms with Crippen molar-refractivity contribution < 1.29 is 19.2 Å². The summed E-state index contributed by atoms with van der Waals surface area (Å²) in [5.74, 6) is -3.10. The van der Waals surface area contributed by atoms with Crippen LogP contribution in [0, 0.1) is 5.92 Å². The van der Waals surface area contributed by atoms with E-state index in [1.165, 1.54) is 0 Å². The summed E-state index contributed by atoms with van der Waals surface area (Å²) in [5.41, 5.74) is 5.30. The van der Waals surface area contributed by atoms with Gasteiger partial charge in [0, 0.05) is 12.1 Å². The van der Waals surface area contributed by atoms with Gasteiger partial charge < -0.3 is 5.43 Å². The molecule has 1 aromatic carbocycles. The average Bonchev–Trinajstić information content (AvgIpc) is 2.64. The molecule has 0 aromatic heterocycles. The molecule has 0 bridgehead atoms. The highest BCUT2D eigenvalue weighted by Crippen LogP contribution is 2.22. The van der Waals surface area contributed by atoms with Crippen LogP contribution in [-0.4, -0.2) is 23.8 Å². The Labute approximate surface area is 158 Å². The summed E-state index contributed by atoms with van der Waals surface area (Å²) >= 11 is 0. The SMILES string of the molecule is C=C(NNC(=O)CCCCCC)[C@@H]1C(=O)NC(=O)N(c2ccccc2)C1=O. The number of amides is 5. The number of anilines is 1. The predicted molar refractivity (Wildman–Crippen MR) is 100 cm³/mol. The van der Waals surface area contributed by atoms with Crippen LogP contribution in [0.4, 0.5) is 10.5 Å². The molecule has 1 aromatic rings. The highest BCUT2D eigenvalue weighted by atomic mass is 16.2. The number of hydrazine groups is 1. The Bertz CT molecular complexity index is 732. The molecule has 0 aliphatic carbocycles. The zero-order valence-corrected chi connectivity index (χ0v) is 15.3. The van der Waals surface area contributed by atoms with E-state index in [0.29, 0.717) is 12.1 Å². The summed E-state index contributed by atoms with van der Waals surface area (Å²) < 4.78 is 0. The van der Waals surface area contributed by atoms with E-state index in [2.05, 4.69) is 29.7 Å². The molecule has 0 saturated carbocycles. The van der Waals surface area contributed by atoms with Gasteiger partial charge in [-0.2, -0.15) is 0 Å². The van der Waals surface area contributed by atoms with E-state index in [4.69, 9.17) is 0 Å². The van der Waals surface area contributed by atoms with E-state index in [-0.39, 0.29) is 11.6 Å². The molecule has 1 heterocycles. The molecule has 8 nitrogen and oxygen atoms in total. The van der Waals surface area contributed by atoms with Crippen LogP contribution in [0.5, 0.6) is 0 Å². The Morgan fingerprint density at radius 3 is 2.48 bits per heavy atom. The normalized spacial score (nSPS) is 16.7. The second kappa shape index (κ2) is 9.51. The van der Waals surface area contributed by atoms with Gasteiger partial charge in [0.2, 0.25) is 11.8 Å². The van der Waals surface area contributed by atoms with Crippen molar-refractivity contribution in [2.75, 3.05) is 4.90 Å². The number of hydrogen-bond acceptors (Lipinski definition) is 5. The minimum absolute atomic E-state index is 0.00663. The van der Waals surface area contributed by atoms with Crippen molar-refractivity contribution in [2.24, 2.45) is 5.92 Å². The molecule has 0 radical (unpaired) electrons. The third kappa shape index (κ3) is 5.16. The van der Waals surface area contributed by atoms with Gasteiger partial charge in [-0.25, -0.2) is 9.69 Å². The van der Waals surface area contributed by atoms with Crippen LogP contribution in [0.25, 0.3) is 0 Å². The number of hydrogen-bond donors (Lipinski definition) is 3. The van der Waals surface area contributed by atoms with Gasteiger partial charge in [-0.1, -0.05) is 51.0 Å². The van der Waals surface area contributed by atoms with Crippen LogP contribution in [0.3, 0.4) is 0 Å². The second-order valence-electron chi connectivity index (χ2n) is 6.25. The number of unbranched alkanes of at least 4 members (excludes halogenated alkanes) is 3. The molecule has 27 heavy (non-hydrogen) atoms. The Hall–Kier alpha value is -3.16. The first-order chi connectivity index (χ1) is 13.0. The Morgan fingerprint density at radius 2 is 1.81 bits per heavy atom. The van der Waals surface area contributed by atoms with Crippen molar-refractivity contribution >= 4 is 29.4 Å². The molecule has 0 spiro atoms. The molecule has 5 amide bonds. The van der Waals surface area contributed by atoms with Crippen molar-refractivity contribution in [2.45, 2.75) is 39.0 Å². The van der Waals surface area contributed by atoms with Crippen LogP contribution in [0.2, 0.25) is 0 Å². The summed E-state index contributed by atoms with van der Waals surface area (Å²) in [6, 6.07) is 7.44. The molecule has 3 N–H and O–H groups in total. The monoisotopic (exact) mass is 372 g/mol. The van der Waals surface area contributed by atoms with Crippen molar-refractivity contribution in [1.29, 1.82) is 0 Å². The van der Waals surface area contributed by atoms with E-state index in [9.17, 15) is 19.2 Å². The van der Waals surface area contributed by atoms with Crippen LogP contribution in [0.1, 0.15) is 39.0 Å². The number of benzene rings is 1. The lowest BCUT2D eigenvalue weighted by Gasteiger charge is -2.31. The number of para-hydroxylation sites is 1. The lowest BCUT2D eigenvalue weighted by Crippen LogP contribution is -2.60. The number of barbiturate groups is 1. The number of rotatable bonds is 9. The number of urea groups is 1. The minimum atomic E-state index is -1.33. The van der Waals surface area contributed by atoms with E-state index in [0.717, 1.165) is 30.6 Å². The van der Waals surface area contributed by atoms with Crippen molar-refractivity contribution in [3.8, 4) is 0 Å². The Kier molecular flexibility index (Phi) is 7.10. The van der Waals surface area contributed by atoms with Gasteiger partial charge >= 0.3 is 6.03 Å². The van der Waals surface area contributed by atoms with Gasteiger partial charge in [-0.15, -0.1) is 0 Å². The zero-order valence-electron chi connectivity index (χ0n) is 15.3. The lowest BCUT2D eigenvalue weighted by atomic mass is 10.0.